The topological polar surface area (TPSA) is 21.3 Å². The van der Waals surface area contributed by atoms with Crippen LogP contribution in [0.15, 0.2) is 36.4 Å². The van der Waals surface area contributed by atoms with Crippen molar-refractivity contribution in [2.75, 3.05) is 11.9 Å². The standard InChI is InChI=1S/C16H15F2NO/c1-10-4-13(18)8-14(5-10)19-9-15-7-11-6-12(17)2-3-16(11)20-15/h2-6,8,15,19H,7,9H2,1H3. The molecule has 20 heavy (non-hydrogen) atoms. The Morgan fingerprint density at radius 2 is 2.00 bits per heavy atom. The minimum atomic E-state index is -0.259. The fourth-order valence-electron chi connectivity index (χ4n) is 2.47. The van der Waals surface area contributed by atoms with Crippen LogP contribution in [0.25, 0.3) is 0 Å². The number of ether oxygens (including phenoxy) is 1. The molecule has 1 aliphatic heterocycles. The van der Waals surface area contributed by atoms with E-state index in [2.05, 4.69) is 5.32 Å². The Hall–Kier alpha value is -2.10. The number of hydrogen-bond donors (Lipinski definition) is 1. The van der Waals surface area contributed by atoms with Crippen LogP contribution in [-0.2, 0) is 6.42 Å². The summed E-state index contributed by atoms with van der Waals surface area (Å²) in [5.74, 6) is 0.223. The van der Waals surface area contributed by atoms with Gasteiger partial charge < -0.3 is 10.1 Å². The molecule has 2 aromatic rings. The molecule has 2 nitrogen and oxygen atoms in total. The first kappa shape index (κ1) is 12.9. The number of nitrogens with one attached hydrogen (secondary N) is 1. The van der Waals surface area contributed by atoms with Gasteiger partial charge in [-0.2, -0.15) is 0 Å². The molecule has 0 spiro atoms. The molecule has 3 rings (SSSR count). The highest BCUT2D eigenvalue weighted by Crippen LogP contribution is 2.29. The van der Waals surface area contributed by atoms with Crippen LogP contribution in [-0.4, -0.2) is 12.6 Å². The van der Waals surface area contributed by atoms with Crippen molar-refractivity contribution in [3.63, 3.8) is 0 Å². The number of hydrogen-bond acceptors (Lipinski definition) is 2. The predicted molar refractivity (Wildman–Crippen MR) is 74.1 cm³/mol. The second-order valence-electron chi connectivity index (χ2n) is 5.09. The lowest BCUT2D eigenvalue weighted by Crippen LogP contribution is -2.24. The van der Waals surface area contributed by atoms with Gasteiger partial charge in [0, 0.05) is 17.7 Å². The lowest BCUT2D eigenvalue weighted by molar-refractivity contribution is 0.246. The SMILES string of the molecule is Cc1cc(F)cc(NCC2Cc3cc(F)ccc3O2)c1. The maximum absolute atomic E-state index is 13.3. The zero-order chi connectivity index (χ0) is 14.1. The zero-order valence-electron chi connectivity index (χ0n) is 11.1. The molecule has 0 bridgehead atoms. The van der Waals surface area contributed by atoms with Gasteiger partial charge in [0.25, 0.3) is 0 Å². The largest absolute Gasteiger partial charge is 0.488 e. The molecule has 2 aromatic carbocycles. The summed E-state index contributed by atoms with van der Waals surface area (Å²) in [7, 11) is 0. The molecular weight excluding hydrogens is 260 g/mol. The third-order valence-corrected chi connectivity index (χ3v) is 3.34. The summed E-state index contributed by atoms with van der Waals surface area (Å²) in [6.07, 6.45) is 0.601. The summed E-state index contributed by atoms with van der Waals surface area (Å²) in [5, 5.41) is 3.16. The molecule has 4 heteroatoms. The molecule has 1 unspecified atom stereocenters. The van der Waals surface area contributed by atoms with Crippen molar-refractivity contribution < 1.29 is 13.5 Å². The molecule has 1 aliphatic rings. The highest BCUT2D eigenvalue weighted by molar-refractivity contribution is 5.46. The number of halogens is 2. The van der Waals surface area contributed by atoms with E-state index in [1.165, 1.54) is 24.3 Å². The van der Waals surface area contributed by atoms with E-state index in [0.29, 0.717) is 13.0 Å². The van der Waals surface area contributed by atoms with E-state index < -0.39 is 0 Å². The molecule has 1 heterocycles. The van der Waals surface area contributed by atoms with Gasteiger partial charge in [-0.15, -0.1) is 0 Å². The average Bonchev–Trinajstić information content (AvgIpc) is 2.77. The maximum Gasteiger partial charge on any atom is 0.125 e. The van der Waals surface area contributed by atoms with Crippen LogP contribution < -0.4 is 10.1 Å². The predicted octanol–water partition coefficient (Wildman–Crippen LogP) is 3.69. The Bertz CT molecular complexity index is 622. The van der Waals surface area contributed by atoms with Gasteiger partial charge >= 0.3 is 0 Å². The molecule has 0 saturated carbocycles. The number of anilines is 1. The number of fused-ring (bicyclic) bond motifs is 1. The van der Waals surface area contributed by atoms with Crippen molar-refractivity contribution in [1.82, 2.24) is 0 Å². The van der Waals surface area contributed by atoms with Gasteiger partial charge in [-0.1, -0.05) is 0 Å². The molecule has 0 saturated heterocycles. The van der Waals surface area contributed by atoms with Crippen LogP contribution >= 0.6 is 0 Å². The third kappa shape index (κ3) is 2.74. The molecule has 0 radical (unpaired) electrons. The zero-order valence-corrected chi connectivity index (χ0v) is 11.1. The van der Waals surface area contributed by atoms with Crippen LogP contribution in [0.4, 0.5) is 14.5 Å². The third-order valence-electron chi connectivity index (χ3n) is 3.34. The molecule has 1 N–H and O–H groups in total. The summed E-state index contributed by atoms with van der Waals surface area (Å²) in [5.41, 5.74) is 2.48. The fraction of sp³-hybridized carbons (Fsp3) is 0.250. The number of benzene rings is 2. The molecular formula is C16H15F2NO. The van der Waals surface area contributed by atoms with Crippen molar-refractivity contribution in [3.8, 4) is 5.75 Å². The van der Waals surface area contributed by atoms with Crippen LogP contribution in [0, 0.1) is 18.6 Å². The van der Waals surface area contributed by atoms with Crippen LogP contribution in [0.2, 0.25) is 0 Å². The summed E-state index contributed by atoms with van der Waals surface area (Å²) >= 11 is 0. The first-order valence-electron chi connectivity index (χ1n) is 6.56. The molecule has 0 aromatic heterocycles. The second-order valence-corrected chi connectivity index (χ2v) is 5.09. The highest BCUT2D eigenvalue weighted by Gasteiger charge is 2.22. The molecule has 104 valence electrons. The van der Waals surface area contributed by atoms with Gasteiger partial charge in [0.1, 0.15) is 23.5 Å². The first-order chi connectivity index (χ1) is 9.60. The summed E-state index contributed by atoms with van der Waals surface area (Å²) in [6.45, 7) is 2.40. The van der Waals surface area contributed by atoms with Gasteiger partial charge in [0.15, 0.2) is 0 Å². The number of rotatable bonds is 3. The fourth-order valence-corrected chi connectivity index (χ4v) is 2.47. The molecule has 0 aliphatic carbocycles. The Labute approximate surface area is 116 Å². The van der Waals surface area contributed by atoms with E-state index in [0.717, 1.165) is 22.6 Å². The Kier molecular flexibility index (Phi) is 3.30. The average molecular weight is 275 g/mol. The van der Waals surface area contributed by atoms with Gasteiger partial charge in [0.05, 0.1) is 6.54 Å². The van der Waals surface area contributed by atoms with Crippen LogP contribution in [0.3, 0.4) is 0 Å². The lowest BCUT2D eigenvalue weighted by Gasteiger charge is -2.13. The lowest BCUT2D eigenvalue weighted by atomic mass is 10.1. The molecule has 0 amide bonds. The van der Waals surface area contributed by atoms with Crippen molar-refractivity contribution >= 4 is 5.69 Å². The number of aryl methyl sites for hydroxylation is 1. The Balaban J connectivity index is 1.63. The van der Waals surface area contributed by atoms with E-state index in [1.807, 2.05) is 13.0 Å². The monoisotopic (exact) mass is 275 g/mol. The summed E-state index contributed by atoms with van der Waals surface area (Å²) in [4.78, 5) is 0. The van der Waals surface area contributed by atoms with Crippen LogP contribution in [0.1, 0.15) is 11.1 Å². The van der Waals surface area contributed by atoms with Crippen molar-refractivity contribution in [2.45, 2.75) is 19.4 Å². The van der Waals surface area contributed by atoms with Crippen molar-refractivity contribution in [3.05, 3.63) is 59.2 Å². The van der Waals surface area contributed by atoms with Gasteiger partial charge in [-0.05, 0) is 48.9 Å². The highest BCUT2D eigenvalue weighted by atomic mass is 19.1. The van der Waals surface area contributed by atoms with Crippen molar-refractivity contribution in [2.24, 2.45) is 0 Å². The van der Waals surface area contributed by atoms with Gasteiger partial charge in [0.2, 0.25) is 0 Å². The van der Waals surface area contributed by atoms with Gasteiger partial charge in [-0.25, -0.2) is 8.78 Å². The van der Waals surface area contributed by atoms with Gasteiger partial charge in [-0.3, -0.25) is 0 Å². The van der Waals surface area contributed by atoms with E-state index in [-0.39, 0.29) is 17.7 Å². The smallest absolute Gasteiger partial charge is 0.125 e. The van der Waals surface area contributed by atoms with E-state index >= 15 is 0 Å². The minimum Gasteiger partial charge on any atom is -0.488 e. The quantitative estimate of drug-likeness (QED) is 0.922. The molecule has 0 fully saturated rings. The van der Waals surface area contributed by atoms with Crippen LogP contribution in [0.5, 0.6) is 5.75 Å². The summed E-state index contributed by atoms with van der Waals surface area (Å²) in [6, 6.07) is 9.36. The second kappa shape index (κ2) is 5.12. The van der Waals surface area contributed by atoms with E-state index in [9.17, 15) is 8.78 Å². The van der Waals surface area contributed by atoms with E-state index in [1.54, 1.807) is 6.07 Å². The van der Waals surface area contributed by atoms with Crippen molar-refractivity contribution in [1.29, 1.82) is 0 Å². The minimum absolute atomic E-state index is 0.0598. The first-order valence-corrected chi connectivity index (χ1v) is 6.56. The normalized spacial score (nSPS) is 16.6. The molecule has 1 atom stereocenters. The maximum atomic E-state index is 13.3. The Morgan fingerprint density at radius 3 is 2.80 bits per heavy atom. The Morgan fingerprint density at radius 1 is 1.15 bits per heavy atom. The summed E-state index contributed by atoms with van der Waals surface area (Å²) < 4.78 is 32.1. The van der Waals surface area contributed by atoms with E-state index in [4.69, 9.17) is 4.74 Å².